The van der Waals surface area contributed by atoms with Gasteiger partial charge in [0.05, 0.1) is 15.6 Å². The van der Waals surface area contributed by atoms with Gasteiger partial charge in [0, 0.05) is 15.5 Å². The van der Waals surface area contributed by atoms with Crippen molar-refractivity contribution in [1.29, 1.82) is 10.5 Å². The summed E-state index contributed by atoms with van der Waals surface area (Å²) in [5, 5.41) is 23.4. The molecule has 176 valence electrons. The molecule has 0 bridgehead atoms. The number of ether oxygens (including phenoxy) is 1. The maximum absolute atomic E-state index is 12.8. The van der Waals surface area contributed by atoms with Crippen LogP contribution in [-0.4, -0.2) is 5.91 Å². The fourth-order valence-corrected chi connectivity index (χ4v) is 5.86. The number of halogens is 3. The van der Waals surface area contributed by atoms with Gasteiger partial charge in [-0.25, -0.2) is 0 Å². The van der Waals surface area contributed by atoms with Gasteiger partial charge in [-0.15, -0.1) is 11.3 Å². The van der Waals surface area contributed by atoms with Gasteiger partial charge in [-0.3, -0.25) is 4.79 Å². The number of nitrogens with zero attached hydrogens (tertiary/aromatic N) is 2. The van der Waals surface area contributed by atoms with Crippen LogP contribution in [-0.2, 0) is 24.2 Å². The number of fused-ring (bicyclic) bond motifs is 1. The summed E-state index contributed by atoms with van der Waals surface area (Å²) >= 11 is 20.3. The lowest BCUT2D eigenvalue weighted by molar-refractivity contribution is -0.112. The maximum Gasteiger partial charge on any atom is 0.266 e. The number of nitriles is 2. The van der Waals surface area contributed by atoms with Crippen molar-refractivity contribution in [3.05, 3.63) is 84.2 Å². The maximum atomic E-state index is 12.8. The fourth-order valence-electron chi connectivity index (χ4n) is 3.82. The molecule has 1 aliphatic carbocycles. The van der Waals surface area contributed by atoms with Gasteiger partial charge < -0.3 is 10.1 Å². The van der Waals surface area contributed by atoms with Gasteiger partial charge in [0.15, 0.2) is 5.75 Å². The van der Waals surface area contributed by atoms with Crippen LogP contribution >= 0.6 is 46.1 Å². The Hall–Kier alpha value is -3.00. The van der Waals surface area contributed by atoms with Crippen molar-refractivity contribution in [3.63, 3.8) is 0 Å². The smallest absolute Gasteiger partial charge is 0.266 e. The first-order valence-corrected chi connectivity index (χ1v) is 12.7. The number of thiophene rings is 1. The predicted octanol–water partition coefficient (Wildman–Crippen LogP) is 7.58. The number of nitrogens with one attached hydrogen (secondary N) is 1. The molecule has 0 aliphatic heterocycles. The number of amides is 1. The summed E-state index contributed by atoms with van der Waals surface area (Å²) in [6.07, 6.45) is 5.20. The number of rotatable bonds is 6. The molecule has 3 aromatic rings. The van der Waals surface area contributed by atoms with E-state index < -0.39 is 5.91 Å². The first-order valence-electron chi connectivity index (χ1n) is 10.7. The molecule has 0 saturated carbocycles. The lowest BCUT2D eigenvalue weighted by Crippen LogP contribution is -2.13. The van der Waals surface area contributed by atoms with Gasteiger partial charge in [0.25, 0.3) is 5.91 Å². The first-order chi connectivity index (χ1) is 16.9. The van der Waals surface area contributed by atoms with Crippen LogP contribution in [0.5, 0.6) is 5.75 Å². The molecule has 1 heterocycles. The molecule has 0 spiro atoms. The van der Waals surface area contributed by atoms with E-state index in [2.05, 4.69) is 11.4 Å². The third-order valence-corrected chi connectivity index (χ3v) is 7.67. The Kier molecular flexibility index (Phi) is 8.00. The first kappa shape index (κ1) is 25.1. The second-order valence-electron chi connectivity index (χ2n) is 7.84. The number of aryl methyl sites for hydroxylation is 1. The minimum absolute atomic E-state index is 0.142. The van der Waals surface area contributed by atoms with Crippen LogP contribution in [0.4, 0.5) is 5.00 Å². The van der Waals surface area contributed by atoms with Gasteiger partial charge in [-0.2, -0.15) is 10.5 Å². The second kappa shape index (κ2) is 11.2. The van der Waals surface area contributed by atoms with E-state index in [0.717, 1.165) is 41.7 Å². The van der Waals surface area contributed by atoms with Crippen molar-refractivity contribution in [2.45, 2.75) is 32.3 Å². The molecule has 5 nitrogen and oxygen atoms in total. The van der Waals surface area contributed by atoms with E-state index in [4.69, 9.17) is 39.5 Å². The molecule has 1 N–H and O–H groups in total. The molecule has 1 aromatic heterocycles. The summed E-state index contributed by atoms with van der Waals surface area (Å²) in [4.78, 5) is 14.0. The monoisotopic (exact) mass is 541 g/mol. The molecule has 4 rings (SSSR count). The highest BCUT2D eigenvalue weighted by atomic mass is 35.5. The highest BCUT2D eigenvalue weighted by Gasteiger charge is 2.23. The molecular weight excluding hydrogens is 525 g/mol. The highest BCUT2D eigenvalue weighted by molar-refractivity contribution is 7.16. The van der Waals surface area contributed by atoms with Gasteiger partial charge in [-0.1, -0.05) is 53.0 Å². The normalized spacial score (nSPS) is 12.9. The minimum Gasteiger partial charge on any atom is -0.486 e. The molecule has 1 aliphatic rings. The summed E-state index contributed by atoms with van der Waals surface area (Å²) in [6, 6.07) is 14.5. The SMILES string of the molecule is N#C/C(=C\c1cc(Cl)c(OCc2ccccc2Cl)c(Cl)c1)C(=O)Nc1sc2c(c1C#N)CCCC2. The summed E-state index contributed by atoms with van der Waals surface area (Å²) in [5.41, 5.74) is 2.59. The highest BCUT2D eigenvalue weighted by Crippen LogP contribution is 2.38. The van der Waals surface area contributed by atoms with Gasteiger partial charge in [0.1, 0.15) is 29.3 Å². The second-order valence-corrected chi connectivity index (χ2v) is 10.2. The Morgan fingerprint density at radius 3 is 2.49 bits per heavy atom. The Morgan fingerprint density at radius 2 is 1.80 bits per heavy atom. The Bertz CT molecular complexity index is 1390. The van der Waals surface area contributed by atoms with Crippen molar-refractivity contribution in [1.82, 2.24) is 0 Å². The van der Waals surface area contributed by atoms with Gasteiger partial charge in [0.2, 0.25) is 0 Å². The predicted molar refractivity (Wildman–Crippen MR) is 140 cm³/mol. The number of anilines is 1. The quantitative estimate of drug-likeness (QED) is 0.257. The van der Waals surface area contributed by atoms with E-state index in [1.807, 2.05) is 24.3 Å². The van der Waals surface area contributed by atoms with Crippen LogP contribution in [0.25, 0.3) is 6.08 Å². The molecule has 0 fully saturated rings. The van der Waals surface area contributed by atoms with Gasteiger partial charge in [-0.05, 0) is 61.1 Å². The van der Waals surface area contributed by atoms with E-state index >= 15 is 0 Å². The van der Waals surface area contributed by atoms with Crippen LogP contribution < -0.4 is 10.1 Å². The zero-order valence-electron chi connectivity index (χ0n) is 18.3. The molecule has 2 aromatic carbocycles. The molecule has 35 heavy (non-hydrogen) atoms. The number of carbonyl (C=O) groups is 1. The molecule has 0 atom stereocenters. The topological polar surface area (TPSA) is 85.9 Å². The van der Waals surface area contributed by atoms with Crippen LogP contribution in [0.1, 0.15) is 40.0 Å². The average molecular weight is 543 g/mol. The largest absolute Gasteiger partial charge is 0.486 e. The summed E-state index contributed by atoms with van der Waals surface area (Å²) in [5.74, 6) is -0.329. The Labute approximate surface area is 222 Å². The third-order valence-electron chi connectivity index (χ3n) is 5.54. The number of hydrogen-bond acceptors (Lipinski definition) is 5. The average Bonchev–Trinajstić information content (AvgIpc) is 3.19. The zero-order chi connectivity index (χ0) is 24.9. The van der Waals surface area contributed by atoms with Crippen LogP contribution in [0.3, 0.4) is 0 Å². The molecule has 9 heteroatoms. The molecule has 0 radical (unpaired) electrons. The molecule has 1 amide bonds. The third kappa shape index (κ3) is 5.64. The van der Waals surface area contributed by atoms with E-state index in [-0.39, 0.29) is 28.0 Å². The van der Waals surface area contributed by atoms with Crippen molar-refractivity contribution >= 4 is 63.1 Å². The number of carbonyl (C=O) groups excluding carboxylic acids is 1. The molecule has 0 unspecified atom stereocenters. The minimum atomic E-state index is -0.603. The lowest BCUT2D eigenvalue weighted by atomic mass is 9.96. The molecule has 0 saturated heterocycles. The fraction of sp³-hybridized carbons (Fsp3) is 0.192. The summed E-state index contributed by atoms with van der Waals surface area (Å²) in [6.45, 7) is 0.173. The summed E-state index contributed by atoms with van der Waals surface area (Å²) < 4.78 is 5.77. The van der Waals surface area contributed by atoms with Crippen molar-refractivity contribution in [2.24, 2.45) is 0 Å². The molecular formula is C26H18Cl3N3O2S. The van der Waals surface area contributed by atoms with E-state index in [1.165, 1.54) is 17.4 Å². The van der Waals surface area contributed by atoms with Crippen LogP contribution in [0.2, 0.25) is 15.1 Å². The Morgan fingerprint density at radius 1 is 1.09 bits per heavy atom. The van der Waals surface area contributed by atoms with E-state index in [0.29, 0.717) is 21.2 Å². The van der Waals surface area contributed by atoms with Crippen molar-refractivity contribution in [2.75, 3.05) is 5.32 Å². The van der Waals surface area contributed by atoms with Crippen LogP contribution in [0, 0.1) is 22.7 Å². The number of hydrogen-bond donors (Lipinski definition) is 1. The van der Waals surface area contributed by atoms with E-state index in [9.17, 15) is 15.3 Å². The van der Waals surface area contributed by atoms with E-state index in [1.54, 1.807) is 18.2 Å². The lowest BCUT2D eigenvalue weighted by Gasteiger charge is -2.12. The number of benzene rings is 2. The van der Waals surface area contributed by atoms with Gasteiger partial charge >= 0.3 is 0 Å². The zero-order valence-corrected chi connectivity index (χ0v) is 21.4. The Balaban J connectivity index is 1.53. The summed E-state index contributed by atoms with van der Waals surface area (Å²) in [7, 11) is 0. The van der Waals surface area contributed by atoms with Crippen molar-refractivity contribution in [3.8, 4) is 17.9 Å². The van der Waals surface area contributed by atoms with Crippen molar-refractivity contribution < 1.29 is 9.53 Å². The van der Waals surface area contributed by atoms with Crippen LogP contribution in [0.15, 0.2) is 42.0 Å². The standard InChI is InChI=1S/C26H18Cl3N3O2S/c27-20-7-3-1-5-16(20)14-34-24-21(28)10-15(11-22(24)29)9-17(12-30)25(33)32-26-19(13-31)18-6-2-4-8-23(18)35-26/h1,3,5,7,9-11H,2,4,6,8,14H2,(H,32,33)/b17-9+.